The van der Waals surface area contributed by atoms with Crippen molar-refractivity contribution < 1.29 is 72.4 Å². The molecule has 0 aliphatic carbocycles. The summed E-state index contributed by atoms with van der Waals surface area (Å²) < 4.78 is 141. The smallest absolute Gasteiger partial charge is 0.456 e. The first kappa shape index (κ1) is 44.8. The highest BCUT2D eigenvalue weighted by molar-refractivity contribution is 5.85. The van der Waals surface area contributed by atoms with E-state index < -0.39 is 62.6 Å². The Labute approximate surface area is 310 Å². The number of benzene rings is 4. The molecule has 4 rings (SSSR count). The number of hydrogen-bond acceptors (Lipinski definition) is 6. The SMILES string of the molecule is CCC(C)c1ccc2cc(COCC(=O)OCC(F)(F)C(F)(F)F)ccc2c1.CCC(C)c1ccc2cc(OCC(=O)OCC(F)(F)C(F)(F)F)ccc2c1. The van der Waals surface area contributed by atoms with Gasteiger partial charge < -0.3 is 18.9 Å². The Hall–Kier alpha value is -4.60. The second kappa shape index (κ2) is 18.8. The predicted molar refractivity (Wildman–Crippen MR) is 184 cm³/mol. The molecule has 0 spiro atoms. The average Bonchev–Trinajstić information content (AvgIpc) is 3.13. The van der Waals surface area contributed by atoms with E-state index in [0.717, 1.165) is 39.9 Å². The van der Waals surface area contributed by atoms with Crippen LogP contribution in [-0.4, -0.2) is 62.6 Å². The van der Waals surface area contributed by atoms with Crippen molar-refractivity contribution in [3.8, 4) is 5.75 Å². The van der Waals surface area contributed by atoms with Gasteiger partial charge in [0.25, 0.3) is 0 Å². The highest BCUT2D eigenvalue weighted by Gasteiger charge is 2.59. The minimum atomic E-state index is -5.78. The van der Waals surface area contributed by atoms with Gasteiger partial charge in [0.15, 0.2) is 19.8 Å². The van der Waals surface area contributed by atoms with Gasteiger partial charge in [0.2, 0.25) is 0 Å². The van der Waals surface area contributed by atoms with Gasteiger partial charge in [0.1, 0.15) is 12.4 Å². The summed E-state index contributed by atoms with van der Waals surface area (Å²) in [7, 11) is 0. The number of halogens is 10. The molecule has 0 amide bonds. The summed E-state index contributed by atoms with van der Waals surface area (Å²) in [6.45, 7) is 2.83. The molecule has 0 aromatic heterocycles. The van der Waals surface area contributed by atoms with Gasteiger partial charge in [-0.05, 0) is 81.1 Å². The summed E-state index contributed by atoms with van der Waals surface area (Å²) in [5.74, 6) is -11.7. The van der Waals surface area contributed by atoms with E-state index in [4.69, 9.17) is 9.47 Å². The van der Waals surface area contributed by atoms with Gasteiger partial charge in [0, 0.05) is 0 Å². The maximum absolute atomic E-state index is 12.7. The second-order valence-electron chi connectivity index (χ2n) is 12.8. The first-order valence-corrected chi connectivity index (χ1v) is 17.0. The van der Waals surface area contributed by atoms with Crippen LogP contribution < -0.4 is 4.74 Å². The predicted octanol–water partition coefficient (Wildman–Crippen LogP) is 11.1. The van der Waals surface area contributed by atoms with Crippen molar-refractivity contribution in [2.24, 2.45) is 0 Å². The molecule has 0 aliphatic rings. The monoisotopic (exact) mass is 794 g/mol. The molecule has 0 saturated carbocycles. The zero-order valence-electron chi connectivity index (χ0n) is 30.3. The Morgan fingerprint density at radius 3 is 1.45 bits per heavy atom. The minimum absolute atomic E-state index is 0.00613. The molecule has 55 heavy (non-hydrogen) atoms. The van der Waals surface area contributed by atoms with Crippen molar-refractivity contribution in [3.05, 3.63) is 89.5 Å². The van der Waals surface area contributed by atoms with Crippen LogP contribution in [0.3, 0.4) is 0 Å². The molecule has 2 atom stereocenters. The lowest BCUT2D eigenvalue weighted by molar-refractivity contribution is -0.294. The third-order valence-corrected chi connectivity index (χ3v) is 8.63. The third kappa shape index (κ3) is 13.0. The number of fused-ring (bicyclic) bond motifs is 2. The molecule has 0 bridgehead atoms. The molecule has 4 aromatic rings. The number of hydrogen-bond donors (Lipinski definition) is 0. The molecule has 0 radical (unpaired) electrons. The van der Waals surface area contributed by atoms with Gasteiger partial charge in [-0.1, -0.05) is 82.3 Å². The van der Waals surface area contributed by atoms with Crippen LogP contribution in [0.15, 0.2) is 72.8 Å². The lowest BCUT2D eigenvalue weighted by Gasteiger charge is -2.19. The fourth-order valence-electron chi connectivity index (χ4n) is 4.80. The van der Waals surface area contributed by atoms with E-state index in [-0.39, 0.29) is 12.4 Å². The number of esters is 2. The molecule has 0 heterocycles. The Morgan fingerprint density at radius 1 is 0.564 bits per heavy atom. The fraction of sp³-hybridized carbons (Fsp3) is 0.436. The standard InChI is InChI=1S/C20H21F5O3.C19H19F5O3/c1-3-13(2)15-6-7-16-8-14(4-5-17(16)9-15)10-27-11-18(26)28-12-19(21,22)20(23,24)25;1-3-12(2)13-4-5-15-9-16(7-6-14(15)8-13)26-10-17(25)27-11-18(20,21)19(22,23)24/h4-9,13H,3,10-12H2,1-2H3;4-9,12H,3,10-11H2,1-2H3. The van der Waals surface area contributed by atoms with Crippen LogP contribution in [0, 0.1) is 0 Å². The summed E-state index contributed by atoms with van der Waals surface area (Å²) in [5.41, 5.74) is 3.16. The number of alkyl halides is 10. The van der Waals surface area contributed by atoms with E-state index in [0.29, 0.717) is 11.8 Å². The van der Waals surface area contributed by atoms with Gasteiger partial charge in [-0.25, -0.2) is 9.59 Å². The van der Waals surface area contributed by atoms with E-state index in [1.54, 1.807) is 24.3 Å². The Bertz CT molecular complexity index is 1890. The van der Waals surface area contributed by atoms with E-state index in [1.807, 2.05) is 42.5 Å². The average molecular weight is 795 g/mol. The largest absolute Gasteiger partial charge is 0.482 e. The van der Waals surface area contributed by atoms with Gasteiger partial charge in [0.05, 0.1) is 6.61 Å². The molecule has 6 nitrogen and oxygen atoms in total. The topological polar surface area (TPSA) is 71.1 Å². The maximum Gasteiger partial charge on any atom is 0.456 e. The highest BCUT2D eigenvalue weighted by Crippen LogP contribution is 2.36. The van der Waals surface area contributed by atoms with Crippen LogP contribution in [0.2, 0.25) is 0 Å². The van der Waals surface area contributed by atoms with Crippen molar-refractivity contribution in [2.75, 3.05) is 26.4 Å². The lowest BCUT2D eigenvalue weighted by Crippen LogP contribution is -2.41. The van der Waals surface area contributed by atoms with Crippen LogP contribution in [0.25, 0.3) is 21.5 Å². The van der Waals surface area contributed by atoms with Crippen molar-refractivity contribution in [2.45, 2.75) is 83.2 Å². The summed E-state index contributed by atoms with van der Waals surface area (Å²) >= 11 is 0. The van der Waals surface area contributed by atoms with Crippen LogP contribution in [0.4, 0.5) is 43.9 Å². The van der Waals surface area contributed by atoms with E-state index in [9.17, 15) is 53.5 Å². The zero-order chi connectivity index (χ0) is 41.2. The van der Waals surface area contributed by atoms with Crippen LogP contribution in [0.5, 0.6) is 5.75 Å². The number of ether oxygens (including phenoxy) is 4. The Kier molecular flexibility index (Phi) is 15.3. The van der Waals surface area contributed by atoms with E-state index >= 15 is 0 Å². The van der Waals surface area contributed by atoms with Crippen LogP contribution in [-0.2, 0) is 30.4 Å². The van der Waals surface area contributed by atoms with Crippen LogP contribution in [0.1, 0.15) is 69.1 Å². The quantitative estimate of drug-likeness (QED) is 0.0882. The van der Waals surface area contributed by atoms with Crippen LogP contribution >= 0.6 is 0 Å². The highest BCUT2D eigenvalue weighted by atomic mass is 19.4. The molecule has 0 saturated heterocycles. The fourth-order valence-corrected chi connectivity index (χ4v) is 4.80. The maximum atomic E-state index is 12.7. The first-order valence-electron chi connectivity index (χ1n) is 17.0. The van der Waals surface area contributed by atoms with E-state index in [2.05, 4.69) is 43.2 Å². The molecule has 4 aromatic carbocycles. The Morgan fingerprint density at radius 2 is 0.982 bits per heavy atom. The summed E-state index contributed by atoms with van der Waals surface area (Å²) in [4.78, 5) is 22.7. The number of rotatable bonds is 15. The van der Waals surface area contributed by atoms with Gasteiger partial charge in [-0.15, -0.1) is 0 Å². The second-order valence-corrected chi connectivity index (χ2v) is 12.8. The molecule has 0 aliphatic heterocycles. The van der Waals surface area contributed by atoms with Gasteiger partial charge in [-0.2, -0.15) is 43.9 Å². The summed E-state index contributed by atoms with van der Waals surface area (Å²) in [6, 6.07) is 22.6. The molecule has 2 unspecified atom stereocenters. The normalized spacial score (nSPS) is 13.5. The molecule has 0 N–H and O–H groups in total. The van der Waals surface area contributed by atoms with Crippen molar-refractivity contribution >= 4 is 33.5 Å². The van der Waals surface area contributed by atoms with E-state index in [1.165, 1.54) is 11.1 Å². The summed E-state index contributed by atoms with van der Waals surface area (Å²) in [6.07, 6.45) is -9.51. The molecular weight excluding hydrogens is 754 g/mol. The van der Waals surface area contributed by atoms with Gasteiger partial charge in [-0.3, -0.25) is 0 Å². The van der Waals surface area contributed by atoms with Gasteiger partial charge >= 0.3 is 36.1 Å². The molecule has 0 fully saturated rings. The number of carbonyl (C=O) groups excluding carboxylic acids is 2. The lowest BCUT2D eigenvalue weighted by atomic mass is 9.95. The zero-order valence-corrected chi connectivity index (χ0v) is 30.3. The van der Waals surface area contributed by atoms with Crippen molar-refractivity contribution in [1.29, 1.82) is 0 Å². The molecular formula is C39H40F10O6. The third-order valence-electron chi connectivity index (χ3n) is 8.63. The summed E-state index contributed by atoms with van der Waals surface area (Å²) in [5, 5.41) is 3.83. The molecule has 302 valence electrons. The minimum Gasteiger partial charge on any atom is -0.482 e. The first-order chi connectivity index (χ1) is 25.6. The van der Waals surface area contributed by atoms with Crippen molar-refractivity contribution in [1.82, 2.24) is 0 Å². The van der Waals surface area contributed by atoms with Crippen molar-refractivity contribution in [3.63, 3.8) is 0 Å². The number of carbonyl (C=O) groups is 2. The Balaban J connectivity index is 0.000000296. The molecule has 16 heteroatoms.